The topological polar surface area (TPSA) is 136 Å². The maximum absolute atomic E-state index is 12.7. The third-order valence-corrected chi connectivity index (χ3v) is 18.1. The number of hydrogen-bond acceptors (Lipinski definition) is 11. The van der Waals surface area contributed by atoms with Gasteiger partial charge < -0.3 is 44.1 Å². The Hall–Kier alpha value is -3.82. The van der Waals surface area contributed by atoms with Gasteiger partial charge in [-0.1, -0.05) is 51.1 Å². The number of aromatic hydroxyl groups is 1. The molecular weight excluding hydrogens is 775 g/mol. The van der Waals surface area contributed by atoms with Crippen LogP contribution in [0.5, 0.6) is 11.5 Å². The Balaban J connectivity index is 0.964. The van der Waals surface area contributed by atoms with Crippen molar-refractivity contribution in [2.75, 3.05) is 26.7 Å². The van der Waals surface area contributed by atoms with E-state index in [9.17, 15) is 19.8 Å². The summed E-state index contributed by atoms with van der Waals surface area (Å²) >= 11 is 2.77. The number of pyridine rings is 1. The summed E-state index contributed by atoms with van der Waals surface area (Å²) in [5, 5.41) is 31.3. The fourth-order valence-corrected chi connectivity index (χ4v) is 10.4. The third kappa shape index (κ3) is 10.1. The summed E-state index contributed by atoms with van der Waals surface area (Å²) in [6.07, 6.45) is 3.89. The average Bonchev–Trinajstić information content (AvgIpc) is 3.92. The molecule has 3 aromatic heterocycles. The van der Waals surface area contributed by atoms with Crippen LogP contribution in [0.2, 0.25) is 18.1 Å². The zero-order valence-electron chi connectivity index (χ0n) is 33.8. The van der Waals surface area contributed by atoms with E-state index in [1.54, 1.807) is 12.1 Å². The van der Waals surface area contributed by atoms with Gasteiger partial charge in [0.25, 0.3) is 0 Å². The minimum absolute atomic E-state index is 0.00132. The highest BCUT2D eigenvalue weighted by Crippen LogP contribution is 2.43. The molecule has 1 fully saturated rings. The maximum atomic E-state index is 12.7. The van der Waals surface area contributed by atoms with Gasteiger partial charge in [0.05, 0.1) is 30.3 Å². The van der Waals surface area contributed by atoms with Gasteiger partial charge in [-0.3, -0.25) is 4.79 Å². The molecule has 10 nitrogen and oxygen atoms in total. The predicted octanol–water partition coefficient (Wildman–Crippen LogP) is 7.93. The number of fused-ring (bicyclic) bond motifs is 1. The fourth-order valence-electron chi connectivity index (χ4n) is 7.32. The molecule has 6 rings (SSSR count). The molecule has 0 saturated heterocycles. The number of H-pyrrole nitrogens is 1. The second-order valence-corrected chi connectivity index (χ2v) is 23.2. The zero-order chi connectivity index (χ0) is 40.8. The second kappa shape index (κ2) is 18.4. The second-order valence-electron chi connectivity index (χ2n) is 16.6. The molecule has 3 heterocycles. The van der Waals surface area contributed by atoms with Crippen molar-refractivity contribution in [2.24, 2.45) is 0 Å². The fraction of sp³-hybridized carbons (Fsp3) is 0.455. The van der Waals surface area contributed by atoms with Crippen LogP contribution in [-0.2, 0) is 26.1 Å². The molecule has 3 N–H and O–H groups in total. The summed E-state index contributed by atoms with van der Waals surface area (Å²) in [4.78, 5) is 31.2. The van der Waals surface area contributed by atoms with Gasteiger partial charge in [0.15, 0.2) is 13.9 Å². The summed E-state index contributed by atoms with van der Waals surface area (Å²) in [7, 11) is -0.0269. The molecule has 306 valence electrons. The smallest absolute Gasteiger partial charge is 0.248 e. The van der Waals surface area contributed by atoms with Crippen LogP contribution in [0.1, 0.15) is 79.9 Å². The van der Waals surface area contributed by atoms with Crippen LogP contribution in [0.25, 0.3) is 10.9 Å². The van der Waals surface area contributed by atoms with Gasteiger partial charge in [0.2, 0.25) is 5.56 Å². The minimum atomic E-state index is -2.18. The number of phenols is 1. The largest absolute Gasteiger partial charge is 0.546 e. The lowest BCUT2D eigenvalue weighted by atomic mass is 9.90. The summed E-state index contributed by atoms with van der Waals surface area (Å²) in [5.74, 6) is -0.347. The number of aromatic amines is 1. The lowest BCUT2D eigenvalue weighted by molar-refractivity contribution is -0.328. The molecule has 0 aliphatic heterocycles. The molecule has 0 radical (unpaired) electrons. The number of nitrogens with zero attached hydrogens (tertiary/aromatic N) is 1. The van der Waals surface area contributed by atoms with Gasteiger partial charge in [0, 0.05) is 46.9 Å². The van der Waals surface area contributed by atoms with E-state index in [1.165, 1.54) is 28.7 Å². The molecule has 0 unspecified atom stereocenters. The number of ether oxygens (including phenoxy) is 2. The van der Waals surface area contributed by atoms with E-state index in [2.05, 4.69) is 68.2 Å². The number of rotatable bonds is 18. The standard InChI is InChI=1S/C44H57N3O7S2Si/c1-43(2,3)57(5,6)54-37(34-20-22-36(48)41-35(34)21-23-40(49)46-41)29-45-28-30-12-16-32(17-13-30)52-25-9-24-47(4)31-14-18-33(19-15-31)53-44(42(50)51,38-10-7-26-55-38)39-11-8-27-56-39/h7-8,10-13,16-17,20-23,26-27,31,33,37,45,48H,9,14-15,18-19,24-25,28-29H2,1-6H3,(H,46,49)(H,50,51)/p-1/t31?,33?,37-/m0/s1. The van der Waals surface area contributed by atoms with E-state index in [-0.39, 0.29) is 28.6 Å². The van der Waals surface area contributed by atoms with Gasteiger partial charge in [-0.2, -0.15) is 0 Å². The van der Waals surface area contributed by atoms with E-state index >= 15 is 0 Å². The van der Waals surface area contributed by atoms with Gasteiger partial charge in [0.1, 0.15) is 11.5 Å². The molecule has 1 aliphatic rings. The van der Waals surface area contributed by atoms with E-state index in [0.717, 1.165) is 60.9 Å². The first-order chi connectivity index (χ1) is 27.2. The van der Waals surface area contributed by atoms with Crippen molar-refractivity contribution in [3.05, 3.63) is 115 Å². The molecule has 13 heteroatoms. The van der Waals surface area contributed by atoms with Crippen molar-refractivity contribution in [3.63, 3.8) is 0 Å². The zero-order valence-corrected chi connectivity index (χ0v) is 36.5. The van der Waals surface area contributed by atoms with Crippen LogP contribution in [0.4, 0.5) is 0 Å². The quantitative estimate of drug-likeness (QED) is 0.0595. The lowest BCUT2D eigenvalue weighted by Crippen LogP contribution is -2.50. The van der Waals surface area contributed by atoms with E-state index in [1.807, 2.05) is 53.2 Å². The lowest BCUT2D eigenvalue weighted by Gasteiger charge is -2.40. The minimum Gasteiger partial charge on any atom is -0.546 e. The highest BCUT2D eigenvalue weighted by atomic mass is 32.1. The Kier molecular flexibility index (Phi) is 13.8. The number of aliphatic carboxylic acids is 1. The molecule has 1 saturated carbocycles. The van der Waals surface area contributed by atoms with Gasteiger partial charge in [-0.25, -0.2) is 0 Å². The Morgan fingerprint density at radius 3 is 2.25 bits per heavy atom. The molecule has 57 heavy (non-hydrogen) atoms. The summed E-state index contributed by atoms with van der Waals surface area (Å²) in [6, 6.07) is 22.7. The summed E-state index contributed by atoms with van der Waals surface area (Å²) in [6.45, 7) is 13.8. The first-order valence-corrected chi connectivity index (χ1v) is 24.5. The highest BCUT2D eigenvalue weighted by Gasteiger charge is 2.43. The van der Waals surface area contributed by atoms with E-state index < -0.39 is 19.9 Å². The van der Waals surface area contributed by atoms with Crippen molar-refractivity contribution in [3.8, 4) is 11.5 Å². The van der Waals surface area contributed by atoms with Crippen LogP contribution in [-0.4, -0.2) is 68.2 Å². The monoisotopic (exact) mass is 830 g/mol. The number of nitrogens with one attached hydrogen (secondary N) is 2. The highest BCUT2D eigenvalue weighted by molar-refractivity contribution is 7.12. The number of aromatic nitrogens is 1. The van der Waals surface area contributed by atoms with Crippen LogP contribution in [0, 0.1) is 0 Å². The van der Waals surface area contributed by atoms with Crippen LogP contribution in [0.3, 0.4) is 0 Å². The number of hydrogen-bond donors (Lipinski definition) is 3. The Morgan fingerprint density at radius 1 is 0.982 bits per heavy atom. The molecule has 0 bridgehead atoms. The number of benzene rings is 2. The van der Waals surface area contributed by atoms with Crippen molar-refractivity contribution in [2.45, 2.75) is 101 Å². The van der Waals surface area contributed by atoms with Crippen LogP contribution < -0.4 is 20.7 Å². The van der Waals surface area contributed by atoms with Crippen LogP contribution in [0.15, 0.2) is 88.4 Å². The predicted molar refractivity (Wildman–Crippen MR) is 230 cm³/mol. The van der Waals surface area contributed by atoms with Gasteiger partial charge in [-0.05, 0) is 116 Å². The van der Waals surface area contributed by atoms with Gasteiger partial charge in [-0.15, -0.1) is 22.7 Å². The first-order valence-electron chi connectivity index (χ1n) is 19.8. The van der Waals surface area contributed by atoms with Crippen molar-refractivity contribution < 1.29 is 28.9 Å². The molecule has 1 aliphatic carbocycles. The van der Waals surface area contributed by atoms with Crippen molar-refractivity contribution in [1.29, 1.82) is 0 Å². The Morgan fingerprint density at radius 2 is 1.65 bits per heavy atom. The molecule has 2 aromatic carbocycles. The van der Waals surface area contributed by atoms with E-state index in [4.69, 9.17) is 13.9 Å². The molecule has 0 spiro atoms. The average molecular weight is 831 g/mol. The Bertz CT molecular complexity index is 2070. The van der Waals surface area contributed by atoms with Crippen molar-refractivity contribution in [1.82, 2.24) is 15.2 Å². The maximum Gasteiger partial charge on any atom is 0.248 e. The third-order valence-electron chi connectivity index (χ3n) is 11.6. The number of phenolic OH excluding ortho intramolecular Hbond substituents is 1. The molecule has 1 atom stereocenters. The summed E-state index contributed by atoms with van der Waals surface area (Å²) < 4.78 is 19.6. The number of carboxylic acids is 1. The van der Waals surface area contributed by atoms with Crippen LogP contribution >= 0.6 is 22.7 Å². The number of carbonyl (C=O) groups excluding carboxylic acids is 1. The van der Waals surface area contributed by atoms with E-state index in [0.29, 0.717) is 41.0 Å². The normalized spacial score (nSPS) is 17.2. The molecule has 5 aromatic rings. The van der Waals surface area contributed by atoms with Gasteiger partial charge >= 0.3 is 0 Å². The number of carboxylic acid groups (broad SMARTS) is 1. The first kappa shape index (κ1) is 42.8. The number of thiophene rings is 2. The SMILES string of the molecule is CN(CCCOc1ccc(CNC[C@H](O[Si](C)(C)C(C)(C)C)c2ccc(O)c3[nH]c(=O)ccc23)cc1)C1CCC(OC(C(=O)[O-])(c2cccs2)c2cccs2)CC1. The molecular formula is C44H56N3O7S2Si-. The Labute approximate surface area is 345 Å². The summed E-state index contributed by atoms with van der Waals surface area (Å²) in [5.41, 5.74) is 0.626. The number of carbonyl (C=O) groups is 1. The van der Waals surface area contributed by atoms with Crippen molar-refractivity contribution >= 4 is 47.9 Å². The molecule has 0 amide bonds.